The third-order valence-corrected chi connectivity index (χ3v) is 3.38. The van der Waals surface area contributed by atoms with Crippen LogP contribution in [-0.4, -0.2) is 6.54 Å². The molecule has 0 aliphatic rings. The molecule has 0 aliphatic heterocycles. The summed E-state index contributed by atoms with van der Waals surface area (Å²) in [4.78, 5) is 0. The quantitative estimate of drug-likeness (QED) is 0.417. The predicted octanol–water partition coefficient (Wildman–Crippen LogP) is 4.35. The predicted molar refractivity (Wildman–Crippen MR) is 64.5 cm³/mol. The van der Waals surface area contributed by atoms with Gasteiger partial charge in [0, 0.05) is 0 Å². The average Bonchev–Trinajstić information content (AvgIpc) is 2.26. The van der Waals surface area contributed by atoms with Gasteiger partial charge in [0.05, 0.1) is 0 Å². The van der Waals surface area contributed by atoms with E-state index in [1.165, 1.54) is 77.2 Å². The molecule has 1 nitrogen and oxygen atoms in total. The van der Waals surface area contributed by atoms with Gasteiger partial charge in [0.2, 0.25) is 0 Å². The molecule has 2 heteroatoms. The zero-order valence-corrected chi connectivity index (χ0v) is 12.4. The maximum atomic E-state index is 3.21. The van der Waals surface area contributed by atoms with Gasteiger partial charge in [0.15, 0.2) is 0 Å². The van der Waals surface area contributed by atoms with Gasteiger partial charge in [-0.2, -0.15) is 0 Å². The van der Waals surface area contributed by atoms with E-state index < -0.39 is 0 Å². The Morgan fingerprint density at radius 2 is 1.07 bits per heavy atom. The minimum atomic E-state index is 1.20. The molecule has 0 rings (SSSR count). The normalized spacial score (nSPS) is 10.7. The zero-order valence-electron chi connectivity index (χ0n) is 10.4. The first-order valence-electron chi connectivity index (χ1n) is 6.76. The molecular weight excluding hydrogens is 266 g/mol. The Morgan fingerprint density at radius 3 is 1.47 bits per heavy atom. The van der Waals surface area contributed by atoms with Crippen LogP contribution in [0.5, 0.6) is 0 Å². The molecule has 0 unspecified atom stereocenters. The van der Waals surface area contributed by atoms with Crippen LogP contribution in [0, 0.1) is 0 Å². The van der Waals surface area contributed by atoms with E-state index in [9.17, 15) is 0 Å². The summed E-state index contributed by atoms with van der Waals surface area (Å²) >= 11 is 1.97. The molecule has 0 aliphatic carbocycles. The van der Waals surface area contributed by atoms with Crippen molar-refractivity contribution >= 4 is 0 Å². The van der Waals surface area contributed by atoms with Gasteiger partial charge in [-0.3, -0.25) is 0 Å². The van der Waals surface area contributed by atoms with Gasteiger partial charge in [-0.05, 0) is 0 Å². The van der Waals surface area contributed by atoms with Gasteiger partial charge < -0.3 is 0 Å². The van der Waals surface area contributed by atoms with E-state index in [1.54, 1.807) is 0 Å². The maximum absolute atomic E-state index is 3.21. The van der Waals surface area contributed by atoms with E-state index in [2.05, 4.69) is 10.8 Å². The van der Waals surface area contributed by atoms with Crippen molar-refractivity contribution in [3.63, 3.8) is 0 Å². The molecule has 1 N–H and O–H groups in total. The molecule has 0 amide bonds. The van der Waals surface area contributed by atoms with Crippen LogP contribution < -0.4 is 3.88 Å². The van der Waals surface area contributed by atoms with Crippen LogP contribution in [0.2, 0.25) is 0 Å². The van der Waals surface area contributed by atoms with E-state index in [4.69, 9.17) is 0 Å². The van der Waals surface area contributed by atoms with Crippen molar-refractivity contribution in [2.24, 2.45) is 0 Å². The second-order valence-electron chi connectivity index (χ2n) is 4.43. The van der Waals surface area contributed by atoms with Gasteiger partial charge in [0.1, 0.15) is 0 Å². The number of unbranched alkanes of at least 4 members (excludes halogenated alkanes) is 10. The van der Waals surface area contributed by atoms with E-state index in [0.29, 0.717) is 0 Å². The summed E-state index contributed by atoms with van der Waals surface area (Å²) in [5.74, 6) is 0. The van der Waals surface area contributed by atoms with Crippen LogP contribution in [-0.2, 0) is 20.1 Å². The second-order valence-corrected chi connectivity index (χ2v) is 5.14. The summed E-state index contributed by atoms with van der Waals surface area (Å²) in [5, 5.41) is 0. The second kappa shape index (κ2) is 14.6. The average molecular weight is 294 g/mol. The molecule has 0 aromatic carbocycles. The molecule has 0 radical (unpaired) electrons. The van der Waals surface area contributed by atoms with Gasteiger partial charge in [-0.1, -0.05) is 13.3 Å². The van der Waals surface area contributed by atoms with E-state index in [1.807, 2.05) is 20.1 Å². The zero-order chi connectivity index (χ0) is 11.2. The number of nitrogens with one attached hydrogen (secondary N) is 1. The van der Waals surface area contributed by atoms with Crippen molar-refractivity contribution in [1.29, 1.82) is 0 Å². The first kappa shape index (κ1) is 15.6. The van der Waals surface area contributed by atoms with Gasteiger partial charge in [-0.25, -0.2) is 0 Å². The monoisotopic (exact) mass is 296 g/mol. The number of hydrogen-bond donors (Lipinski definition) is 1. The van der Waals surface area contributed by atoms with Crippen LogP contribution in [0.25, 0.3) is 0 Å². The van der Waals surface area contributed by atoms with Crippen LogP contribution in [0.4, 0.5) is 0 Å². The van der Waals surface area contributed by atoms with Crippen molar-refractivity contribution in [3.8, 4) is 0 Å². The van der Waals surface area contributed by atoms with Crippen LogP contribution >= 0.6 is 0 Å². The standard InChI is InChI=1S/C13H28N.Mo/c1-2-3-4-5-6-7-8-9-10-11-12-13-14;/h14H,2-13H2,1H3;/q-1;+1. The minimum absolute atomic E-state index is 1.20. The summed E-state index contributed by atoms with van der Waals surface area (Å²) in [6.07, 6.45) is 15.8. The summed E-state index contributed by atoms with van der Waals surface area (Å²) in [5.41, 5.74) is 0. The molecule has 0 heterocycles. The van der Waals surface area contributed by atoms with E-state index in [-0.39, 0.29) is 0 Å². The molecule has 91 valence electrons. The van der Waals surface area contributed by atoms with E-state index in [0.717, 1.165) is 0 Å². The first-order valence-corrected chi connectivity index (χ1v) is 7.77. The number of hydrogen-bond acceptors (Lipinski definition) is 1. The van der Waals surface area contributed by atoms with Crippen LogP contribution in [0.1, 0.15) is 77.6 Å². The van der Waals surface area contributed by atoms with E-state index >= 15 is 0 Å². The Bertz CT molecular complexity index is 94.7. The van der Waals surface area contributed by atoms with Gasteiger partial charge in [-0.15, -0.1) is 0 Å². The fourth-order valence-corrected chi connectivity index (χ4v) is 2.22. The van der Waals surface area contributed by atoms with Crippen molar-refractivity contribution in [3.05, 3.63) is 0 Å². The van der Waals surface area contributed by atoms with Crippen LogP contribution in [0.3, 0.4) is 0 Å². The Hall–Kier alpha value is 0.648. The third kappa shape index (κ3) is 14.6. The Balaban J connectivity index is 2.81. The number of rotatable bonds is 12. The molecule has 0 saturated carbocycles. The molecule has 0 bridgehead atoms. The topological polar surface area (TPSA) is 12.0 Å². The Labute approximate surface area is 108 Å². The Kier molecular flexibility index (Phi) is 15.3. The first-order chi connectivity index (χ1) is 7.41. The molecule has 0 saturated heterocycles. The summed E-state index contributed by atoms with van der Waals surface area (Å²) in [6, 6.07) is 0. The van der Waals surface area contributed by atoms with Crippen molar-refractivity contribution < 1.29 is 20.1 Å². The molecule has 0 aromatic rings. The molecule has 15 heavy (non-hydrogen) atoms. The summed E-state index contributed by atoms with van der Waals surface area (Å²) < 4.78 is 3.21. The van der Waals surface area contributed by atoms with Crippen molar-refractivity contribution in [1.82, 2.24) is 3.88 Å². The van der Waals surface area contributed by atoms with Crippen molar-refractivity contribution in [2.75, 3.05) is 6.54 Å². The summed E-state index contributed by atoms with van der Waals surface area (Å²) in [7, 11) is 0. The van der Waals surface area contributed by atoms with Gasteiger partial charge >= 0.3 is 94.7 Å². The molecule has 0 atom stereocenters. The van der Waals surface area contributed by atoms with Crippen LogP contribution in [0.15, 0.2) is 0 Å². The Morgan fingerprint density at radius 1 is 0.667 bits per heavy atom. The van der Waals surface area contributed by atoms with Gasteiger partial charge in [0.25, 0.3) is 0 Å². The fraction of sp³-hybridized carbons (Fsp3) is 1.00. The SMILES string of the molecule is CCCCCCCCCCCCC[NH][Mo]. The molecule has 0 fully saturated rings. The fourth-order valence-electron chi connectivity index (χ4n) is 1.86. The van der Waals surface area contributed by atoms with Crippen molar-refractivity contribution in [2.45, 2.75) is 77.6 Å². The molecule has 0 aromatic heterocycles. The third-order valence-electron chi connectivity index (χ3n) is 2.88. The molecule has 0 spiro atoms. The molecular formula is C13H28MoN. The summed E-state index contributed by atoms with van der Waals surface area (Å²) in [6.45, 7) is 3.48.